The van der Waals surface area contributed by atoms with Crippen LogP contribution in [0.15, 0.2) is 11.3 Å². The lowest BCUT2D eigenvalue weighted by Crippen LogP contribution is -1.93. The van der Waals surface area contributed by atoms with Crippen molar-refractivity contribution >= 4 is 9.76 Å². The van der Waals surface area contributed by atoms with Gasteiger partial charge in [0.05, 0.1) is 0 Å². The van der Waals surface area contributed by atoms with Gasteiger partial charge < -0.3 is 4.43 Å². The zero-order valence-electron chi connectivity index (χ0n) is 5.69. The van der Waals surface area contributed by atoms with Gasteiger partial charge in [0, 0.05) is 6.61 Å². The molecule has 0 fully saturated rings. The van der Waals surface area contributed by atoms with Gasteiger partial charge in [0.15, 0.2) is 0 Å². The zero-order valence-corrected chi connectivity index (χ0v) is 6.69. The van der Waals surface area contributed by atoms with Crippen LogP contribution in [-0.4, -0.2) is 16.4 Å². The molecule has 0 saturated carbocycles. The molecule has 0 N–H and O–H groups in total. The van der Waals surface area contributed by atoms with Crippen LogP contribution in [0.25, 0.3) is 0 Å². The molecule has 0 heterocycles. The third-order valence-corrected chi connectivity index (χ3v) is 1.73. The topological polar surface area (TPSA) is 9.23 Å². The Morgan fingerprint density at radius 3 is 2.62 bits per heavy atom. The van der Waals surface area contributed by atoms with Gasteiger partial charge in [0.2, 0.25) is 0 Å². The van der Waals surface area contributed by atoms with Gasteiger partial charge in [0.25, 0.3) is 9.76 Å². The minimum absolute atomic E-state index is 0.551. The Morgan fingerprint density at radius 1 is 1.62 bits per heavy atom. The molecule has 1 nitrogen and oxygen atoms in total. The fourth-order valence-corrected chi connectivity index (χ4v) is 0.729. The molecular weight excluding hydrogens is 116 g/mol. The SMILES string of the molecule is CCO[Si]C=C(C)C. The van der Waals surface area contributed by atoms with E-state index in [0.29, 0.717) is 9.76 Å². The molecule has 0 atom stereocenters. The second kappa shape index (κ2) is 5.06. The van der Waals surface area contributed by atoms with E-state index in [2.05, 4.69) is 19.5 Å². The number of allylic oxidation sites excluding steroid dienone is 1. The van der Waals surface area contributed by atoms with Crippen molar-refractivity contribution in [3.63, 3.8) is 0 Å². The molecule has 0 aliphatic rings. The molecule has 0 saturated heterocycles. The molecule has 46 valence electrons. The first-order valence-corrected chi connectivity index (χ1v) is 3.76. The highest BCUT2D eigenvalue weighted by atomic mass is 28.2. The largest absolute Gasteiger partial charge is 0.412 e. The van der Waals surface area contributed by atoms with Crippen LogP contribution in [-0.2, 0) is 4.43 Å². The van der Waals surface area contributed by atoms with Crippen LogP contribution in [0.5, 0.6) is 0 Å². The van der Waals surface area contributed by atoms with Gasteiger partial charge in [-0.25, -0.2) is 0 Å². The van der Waals surface area contributed by atoms with E-state index in [1.165, 1.54) is 5.57 Å². The smallest absolute Gasteiger partial charge is 0.260 e. The average Bonchev–Trinajstić information content (AvgIpc) is 1.66. The van der Waals surface area contributed by atoms with Gasteiger partial charge in [-0.05, 0) is 20.8 Å². The summed E-state index contributed by atoms with van der Waals surface area (Å²) in [4.78, 5) is 0. The Morgan fingerprint density at radius 2 is 2.25 bits per heavy atom. The fourth-order valence-electron chi connectivity index (χ4n) is 0.243. The first kappa shape index (κ1) is 7.92. The van der Waals surface area contributed by atoms with Crippen molar-refractivity contribution in [1.82, 2.24) is 0 Å². The molecule has 0 aromatic heterocycles. The summed E-state index contributed by atoms with van der Waals surface area (Å²) in [5.74, 6) is 0. The summed E-state index contributed by atoms with van der Waals surface area (Å²) in [6.07, 6.45) is 0. The lowest BCUT2D eigenvalue weighted by atomic mass is 10.4. The van der Waals surface area contributed by atoms with Gasteiger partial charge in [-0.1, -0.05) is 11.3 Å². The Labute approximate surface area is 53.7 Å². The molecule has 0 aliphatic carbocycles. The van der Waals surface area contributed by atoms with E-state index in [1.807, 2.05) is 6.92 Å². The molecule has 0 aromatic carbocycles. The van der Waals surface area contributed by atoms with Gasteiger partial charge in [-0.15, -0.1) is 0 Å². The molecule has 0 aromatic rings. The van der Waals surface area contributed by atoms with E-state index in [4.69, 9.17) is 4.43 Å². The third kappa shape index (κ3) is 5.92. The van der Waals surface area contributed by atoms with E-state index in [1.54, 1.807) is 0 Å². The van der Waals surface area contributed by atoms with Crippen molar-refractivity contribution < 1.29 is 4.43 Å². The highest BCUT2D eigenvalue weighted by Gasteiger charge is 1.80. The predicted molar refractivity (Wildman–Crippen MR) is 36.8 cm³/mol. The monoisotopic (exact) mass is 128 g/mol. The van der Waals surface area contributed by atoms with Crippen molar-refractivity contribution in [1.29, 1.82) is 0 Å². The standard InChI is InChI=1S/C6H12OSi/c1-4-7-8-5-6(2)3/h5H,4H2,1-3H3. The minimum Gasteiger partial charge on any atom is -0.412 e. The van der Waals surface area contributed by atoms with E-state index in [0.717, 1.165) is 6.61 Å². The van der Waals surface area contributed by atoms with Crippen LogP contribution in [0.4, 0.5) is 0 Å². The van der Waals surface area contributed by atoms with Crippen molar-refractivity contribution in [2.24, 2.45) is 0 Å². The predicted octanol–water partition coefficient (Wildman–Crippen LogP) is 1.57. The Bertz CT molecular complexity index is 74.6. The molecule has 0 bridgehead atoms. The number of hydrogen-bond acceptors (Lipinski definition) is 1. The van der Waals surface area contributed by atoms with Gasteiger partial charge >= 0.3 is 0 Å². The average molecular weight is 128 g/mol. The molecular formula is C6H12OSi. The minimum atomic E-state index is 0.551. The summed E-state index contributed by atoms with van der Waals surface area (Å²) < 4.78 is 5.10. The third-order valence-electron chi connectivity index (χ3n) is 0.575. The molecule has 0 spiro atoms. The molecule has 8 heavy (non-hydrogen) atoms. The van der Waals surface area contributed by atoms with Crippen molar-refractivity contribution in [3.05, 3.63) is 11.3 Å². The van der Waals surface area contributed by atoms with Crippen molar-refractivity contribution in [3.8, 4) is 0 Å². The lowest BCUT2D eigenvalue weighted by Gasteiger charge is -1.90. The maximum Gasteiger partial charge on any atom is 0.260 e. The highest BCUT2D eigenvalue weighted by Crippen LogP contribution is 1.85. The Hall–Kier alpha value is -0.0831. The van der Waals surface area contributed by atoms with Gasteiger partial charge in [0.1, 0.15) is 0 Å². The normalized spacial score (nSPS) is 8.88. The van der Waals surface area contributed by atoms with E-state index in [-0.39, 0.29) is 0 Å². The molecule has 2 radical (unpaired) electrons. The van der Waals surface area contributed by atoms with Gasteiger partial charge in [-0.3, -0.25) is 0 Å². The molecule has 0 unspecified atom stereocenters. The molecule has 0 aliphatic heterocycles. The number of hydrogen-bond donors (Lipinski definition) is 0. The fraction of sp³-hybridized carbons (Fsp3) is 0.667. The lowest BCUT2D eigenvalue weighted by molar-refractivity contribution is 0.366. The summed E-state index contributed by atoms with van der Waals surface area (Å²) in [5, 5.41) is 0. The first-order valence-electron chi connectivity index (χ1n) is 2.78. The first-order chi connectivity index (χ1) is 3.77. The van der Waals surface area contributed by atoms with Gasteiger partial charge in [-0.2, -0.15) is 0 Å². The maximum absolute atomic E-state index is 5.10. The summed E-state index contributed by atoms with van der Waals surface area (Å²) in [5.41, 5.74) is 3.43. The summed E-state index contributed by atoms with van der Waals surface area (Å²) >= 11 is 0. The van der Waals surface area contributed by atoms with Crippen LogP contribution in [0, 0.1) is 0 Å². The highest BCUT2D eigenvalue weighted by molar-refractivity contribution is 6.34. The second-order valence-electron chi connectivity index (χ2n) is 1.77. The summed E-state index contributed by atoms with van der Waals surface area (Å²) in [7, 11) is 0.551. The quantitative estimate of drug-likeness (QED) is 0.414. The van der Waals surface area contributed by atoms with E-state index >= 15 is 0 Å². The molecule has 0 amide bonds. The van der Waals surface area contributed by atoms with Crippen LogP contribution < -0.4 is 0 Å². The van der Waals surface area contributed by atoms with Crippen LogP contribution in [0.1, 0.15) is 20.8 Å². The molecule has 0 rings (SSSR count). The van der Waals surface area contributed by atoms with E-state index in [9.17, 15) is 0 Å². The second-order valence-corrected chi connectivity index (χ2v) is 2.59. The van der Waals surface area contributed by atoms with Crippen LogP contribution in [0.2, 0.25) is 0 Å². The molecule has 2 heteroatoms. The maximum atomic E-state index is 5.10. The van der Waals surface area contributed by atoms with E-state index < -0.39 is 0 Å². The Kier molecular flexibility index (Phi) is 5.01. The van der Waals surface area contributed by atoms with Crippen LogP contribution in [0.3, 0.4) is 0 Å². The summed E-state index contributed by atoms with van der Waals surface area (Å²) in [6.45, 7) is 6.98. The number of rotatable bonds is 3. The van der Waals surface area contributed by atoms with Crippen molar-refractivity contribution in [2.45, 2.75) is 20.8 Å². The van der Waals surface area contributed by atoms with Crippen molar-refractivity contribution in [2.75, 3.05) is 6.61 Å². The summed E-state index contributed by atoms with van der Waals surface area (Å²) in [6, 6.07) is 0. The van der Waals surface area contributed by atoms with Crippen LogP contribution >= 0.6 is 0 Å². The zero-order chi connectivity index (χ0) is 6.41. The Balaban J connectivity index is 3.03.